The van der Waals surface area contributed by atoms with Crippen molar-refractivity contribution < 1.29 is 5.11 Å². The van der Waals surface area contributed by atoms with Crippen molar-refractivity contribution in [1.29, 1.82) is 0 Å². The average Bonchev–Trinajstić information content (AvgIpc) is 2.90. The highest BCUT2D eigenvalue weighted by molar-refractivity contribution is 6.17. The lowest BCUT2D eigenvalue weighted by molar-refractivity contribution is 0.266. The van der Waals surface area contributed by atoms with Gasteiger partial charge < -0.3 is 10.4 Å². The van der Waals surface area contributed by atoms with E-state index in [9.17, 15) is 5.11 Å². The Morgan fingerprint density at radius 2 is 2.04 bits per heavy atom. The summed E-state index contributed by atoms with van der Waals surface area (Å²) in [6, 6.07) is 15.9. The minimum Gasteiger partial charge on any atom is -0.369 e. The third-order valence-electron chi connectivity index (χ3n) is 4.13. The van der Waals surface area contributed by atoms with Crippen LogP contribution in [0.5, 0.6) is 0 Å². The highest BCUT2D eigenvalue weighted by Gasteiger charge is 2.24. The van der Waals surface area contributed by atoms with Crippen molar-refractivity contribution in [2.45, 2.75) is 12.1 Å². The summed E-state index contributed by atoms with van der Waals surface area (Å²) in [5.74, 6) is 0.453. The van der Waals surface area contributed by atoms with Gasteiger partial charge in [-0.2, -0.15) is 0 Å². The van der Waals surface area contributed by atoms with Crippen molar-refractivity contribution >= 4 is 39.8 Å². The van der Waals surface area contributed by atoms with Crippen molar-refractivity contribution in [1.82, 2.24) is 4.98 Å². The first-order valence-electron chi connectivity index (χ1n) is 7.45. The van der Waals surface area contributed by atoms with Crippen LogP contribution in [-0.4, -0.2) is 16.3 Å². The number of pyridine rings is 1. The Morgan fingerprint density at radius 3 is 2.91 bits per heavy atom. The summed E-state index contributed by atoms with van der Waals surface area (Å²) in [4.78, 5) is 4.38. The summed E-state index contributed by atoms with van der Waals surface area (Å²) in [5, 5.41) is 14.5. The molecule has 1 atom stereocenters. The molecule has 114 valence electrons. The number of nitrogens with zero attached hydrogens (tertiary/aromatic N) is 1. The maximum Gasteiger partial charge on any atom is 0.151 e. The number of aromatic nitrogens is 1. The van der Waals surface area contributed by atoms with Crippen LogP contribution in [0.4, 0.5) is 5.69 Å². The van der Waals surface area contributed by atoms with Crippen LogP contribution in [0, 0.1) is 0 Å². The molecule has 3 aromatic rings. The van der Waals surface area contributed by atoms with Crippen LogP contribution in [0.1, 0.15) is 16.7 Å². The van der Waals surface area contributed by atoms with Gasteiger partial charge in [0.25, 0.3) is 0 Å². The summed E-state index contributed by atoms with van der Waals surface area (Å²) in [7, 11) is 0. The molecule has 0 saturated heterocycles. The Balaban J connectivity index is 1.89. The van der Waals surface area contributed by atoms with E-state index in [1.165, 1.54) is 0 Å². The van der Waals surface area contributed by atoms with Crippen LogP contribution in [-0.2, 0) is 5.88 Å². The van der Waals surface area contributed by atoms with Crippen LogP contribution in [0.2, 0.25) is 0 Å². The van der Waals surface area contributed by atoms with Gasteiger partial charge in [-0.15, -0.1) is 11.6 Å². The Hall–Kier alpha value is -2.36. The molecule has 4 heteroatoms. The van der Waals surface area contributed by atoms with Gasteiger partial charge in [-0.1, -0.05) is 24.3 Å². The number of fused-ring (bicyclic) bond motifs is 2. The molecule has 3 nitrogen and oxygen atoms in total. The fraction of sp³-hybridized carbons (Fsp3) is 0.105. The maximum atomic E-state index is 10.4. The summed E-state index contributed by atoms with van der Waals surface area (Å²) in [6.45, 7) is 0. The van der Waals surface area contributed by atoms with E-state index in [0.29, 0.717) is 5.88 Å². The van der Waals surface area contributed by atoms with Gasteiger partial charge >= 0.3 is 0 Å². The summed E-state index contributed by atoms with van der Waals surface area (Å²) in [6.07, 6.45) is 3.09. The Kier molecular flexibility index (Phi) is 3.52. The summed E-state index contributed by atoms with van der Waals surface area (Å²) in [5.41, 5.74) is 5.79. The van der Waals surface area contributed by atoms with Crippen LogP contribution in [0.3, 0.4) is 0 Å². The second-order valence-electron chi connectivity index (χ2n) is 5.58. The molecule has 23 heavy (non-hydrogen) atoms. The molecule has 1 aliphatic rings. The zero-order chi connectivity index (χ0) is 15.8. The number of rotatable bonds is 2. The minimum absolute atomic E-state index is 0.453. The van der Waals surface area contributed by atoms with Gasteiger partial charge in [0.05, 0.1) is 5.52 Å². The van der Waals surface area contributed by atoms with Crippen molar-refractivity contribution in [2.75, 3.05) is 5.32 Å². The van der Waals surface area contributed by atoms with Crippen molar-refractivity contribution in [3.8, 4) is 0 Å². The first-order chi connectivity index (χ1) is 11.3. The monoisotopic (exact) mass is 322 g/mol. The van der Waals surface area contributed by atoms with Gasteiger partial charge in [0.1, 0.15) is 0 Å². The van der Waals surface area contributed by atoms with Crippen molar-refractivity contribution in [3.63, 3.8) is 0 Å². The van der Waals surface area contributed by atoms with Crippen molar-refractivity contribution in [3.05, 3.63) is 71.4 Å². The molecule has 1 unspecified atom stereocenters. The van der Waals surface area contributed by atoms with Crippen LogP contribution < -0.4 is 5.32 Å². The van der Waals surface area contributed by atoms with E-state index in [-0.39, 0.29) is 0 Å². The number of benzene rings is 2. The fourth-order valence-corrected chi connectivity index (χ4v) is 3.15. The minimum atomic E-state index is -0.720. The molecule has 1 aromatic heterocycles. The summed E-state index contributed by atoms with van der Waals surface area (Å²) >= 11 is 5.94. The maximum absolute atomic E-state index is 10.4. The molecule has 1 aliphatic heterocycles. The van der Waals surface area contributed by atoms with Gasteiger partial charge in [-0.3, -0.25) is 4.98 Å². The van der Waals surface area contributed by atoms with E-state index in [0.717, 1.165) is 38.9 Å². The Bertz CT molecular complexity index is 915. The van der Waals surface area contributed by atoms with Gasteiger partial charge in [0.15, 0.2) is 6.23 Å². The fourth-order valence-electron chi connectivity index (χ4n) is 2.98. The van der Waals surface area contributed by atoms with E-state index in [1.807, 2.05) is 54.6 Å². The third-order valence-corrected chi connectivity index (χ3v) is 4.44. The number of nitrogens with one attached hydrogen (secondary N) is 1. The highest BCUT2D eigenvalue weighted by Crippen LogP contribution is 2.37. The number of aliphatic hydroxyl groups is 1. The van der Waals surface area contributed by atoms with E-state index < -0.39 is 6.23 Å². The molecule has 0 fully saturated rings. The molecule has 0 aliphatic carbocycles. The zero-order valence-corrected chi connectivity index (χ0v) is 13.1. The number of hydrogen-bond acceptors (Lipinski definition) is 3. The average molecular weight is 323 g/mol. The molecule has 2 N–H and O–H groups in total. The second-order valence-corrected chi connectivity index (χ2v) is 5.84. The predicted octanol–water partition coefficient (Wildman–Crippen LogP) is 4.26. The van der Waals surface area contributed by atoms with Gasteiger partial charge in [0, 0.05) is 34.3 Å². The van der Waals surface area contributed by atoms with E-state index >= 15 is 0 Å². The highest BCUT2D eigenvalue weighted by atomic mass is 35.5. The molecule has 0 radical (unpaired) electrons. The quantitative estimate of drug-likeness (QED) is 0.693. The SMILES string of the molecule is OC1Nc2ccc(CCl)cc2C1=Cc1ccnc2ccccc12. The number of alkyl halides is 1. The molecule has 2 heterocycles. The number of aliphatic hydroxyl groups excluding tert-OH is 1. The van der Waals surface area contributed by atoms with Gasteiger partial charge in [0.2, 0.25) is 0 Å². The Labute approximate surface area is 139 Å². The van der Waals surface area contributed by atoms with Crippen LogP contribution in [0.15, 0.2) is 54.7 Å². The first-order valence-corrected chi connectivity index (χ1v) is 7.99. The lowest BCUT2D eigenvalue weighted by atomic mass is 10.00. The van der Waals surface area contributed by atoms with Gasteiger partial charge in [-0.05, 0) is 41.5 Å². The summed E-state index contributed by atoms with van der Waals surface area (Å²) < 4.78 is 0. The molecule has 0 spiro atoms. The molecule has 4 rings (SSSR count). The number of para-hydroxylation sites is 1. The molecular formula is C19H15ClN2O. The normalized spacial score (nSPS) is 18.2. The molecule has 2 aromatic carbocycles. The second kappa shape index (κ2) is 5.69. The third kappa shape index (κ3) is 2.48. The van der Waals surface area contributed by atoms with Gasteiger partial charge in [-0.25, -0.2) is 0 Å². The Morgan fingerprint density at radius 1 is 1.17 bits per heavy atom. The lowest BCUT2D eigenvalue weighted by Crippen LogP contribution is -2.12. The van der Waals surface area contributed by atoms with Crippen molar-refractivity contribution in [2.24, 2.45) is 0 Å². The molecule has 0 bridgehead atoms. The predicted molar refractivity (Wildman–Crippen MR) is 95.2 cm³/mol. The standard InChI is InChI=1S/C19H15ClN2O/c20-11-12-5-6-18-15(9-12)16(19(23)22-18)10-13-7-8-21-17-4-2-1-3-14(13)17/h1-10,19,22-23H,11H2. The number of halogens is 1. The van der Waals surface area contributed by atoms with E-state index in [4.69, 9.17) is 11.6 Å². The molecular weight excluding hydrogens is 308 g/mol. The smallest absolute Gasteiger partial charge is 0.151 e. The molecule has 0 amide bonds. The first kappa shape index (κ1) is 14.2. The number of hydrogen-bond donors (Lipinski definition) is 2. The lowest BCUT2D eigenvalue weighted by Gasteiger charge is -2.07. The molecule has 0 saturated carbocycles. The van der Waals surface area contributed by atoms with Crippen LogP contribution >= 0.6 is 11.6 Å². The topological polar surface area (TPSA) is 45.1 Å². The van der Waals surface area contributed by atoms with E-state index in [1.54, 1.807) is 6.20 Å². The van der Waals surface area contributed by atoms with Crippen LogP contribution in [0.25, 0.3) is 22.6 Å². The largest absolute Gasteiger partial charge is 0.369 e. The van der Waals surface area contributed by atoms with E-state index in [2.05, 4.69) is 10.3 Å². The zero-order valence-electron chi connectivity index (χ0n) is 12.3. The number of anilines is 1.